The Kier molecular flexibility index (Phi) is 3.37. The van der Waals surface area contributed by atoms with Crippen molar-refractivity contribution in [3.63, 3.8) is 0 Å². The standard InChI is InChI=1S/C9H4BrF2NO2/c10-6-2-4(8(11)12)1-5(3-13)7(6)9(14)15/h1-2,8H,(H,14,15). The molecule has 78 valence electrons. The van der Waals surface area contributed by atoms with Gasteiger partial charge in [0, 0.05) is 10.0 Å². The highest BCUT2D eigenvalue weighted by Crippen LogP contribution is 2.28. The number of carboxylic acid groups (broad SMARTS) is 1. The van der Waals surface area contributed by atoms with Crippen LogP contribution < -0.4 is 0 Å². The van der Waals surface area contributed by atoms with E-state index in [1.165, 1.54) is 0 Å². The zero-order valence-electron chi connectivity index (χ0n) is 7.17. The molecule has 0 atom stereocenters. The zero-order valence-corrected chi connectivity index (χ0v) is 8.75. The number of benzene rings is 1. The first-order chi connectivity index (χ1) is 6.97. The van der Waals surface area contributed by atoms with Gasteiger partial charge in [0.05, 0.1) is 11.1 Å². The third-order valence-electron chi connectivity index (χ3n) is 1.70. The predicted molar refractivity (Wildman–Crippen MR) is 50.8 cm³/mol. The maximum atomic E-state index is 12.3. The predicted octanol–water partition coefficient (Wildman–Crippen LogP) is 2.96. The summed E-state index contributed by atoms with van der Waals surface area (Å²) in [7, 11) is 0. The van der Waals surface area contributed by atoms with E-state index in [-0.39, 0.29) is 21.2 Å². The Morgan fingerprint density at radius 1 is 1.53 bits per heavy atom. The van der Waals surface area contributed by atoms with Gasteiger partial charge < -0.3 is 5.11 Å². The molecule has 1 N–H and O–H groups in total. The fraction of sp³-hybridized carbons (Fsp3) is 0.111. The third-order valence-corrected chi connectivity index (χ3v) is 2.32. The maximum Gasteiger partial charge on any atom is 0.338 e. The Morgan fingerprint density at radius 3 is 2.53 bits per heavy atom. The van der Waals surface area contributed by atoms with Crippen LogP contribution in [-0.4, -0.2) is 11.1 Å². The summed E-state index contributed by atoms with van der Waals surface area (Å²) < 4.78 is 24.6. The fourth-order valence-corrected chi connectivity index (χ4v) is 1.71. The van der Waals surface area contributed by atoms with Gasteiger partial charge in [-0.15, -0.1) is 0 Å². The smallest absolute Gasteiger partial charge is 0.338 e. The molecule has 15 heavy (non-hydrogen) atoms. The summed E-state index contributed by atoms with van der Waals surface area (Å²) in [6.45, 7) is 0. The van der Waals surface area contributed by atoms with E-state index in [0.29, 0.717) is 0 Å². The summed E-state index contributed by atoms with van der Waals surface area (Å²) in [6, 6.07) is 3.44. The summed E-state index contributed by atoms with van der Waals surface area (Å²) >= 11 is 2.84. The van der Waals surface area contributed by atoms with Gasteiger partial charge in [-0.3, -0.25) is 0 Å². The van der Waals surface area contributed by atoms with E-state index >= 15 is 0 Å². The van der Waals surface area contributed by atoms with E-state index in [9.17, 15) is 13.6 Å². The lowest BCUT2D eigenvalue weighted by atomic mass is 10.1. The van der Waals surface area contributed by atoms with Gasteiger partial charge in [-0.1, -0.05) is 0 Å². The Morgan fingerprint density at radius 2 is 2.13 bits per heavy atom. The normalized spacial score (nSPS) is 10.1. The average molecular weight is 276 g/mol. The third kappa shape index (κ3) is 2.30. The van der Waals surface area contributed by atoms with Gasteiger partial charge >= 0.3 is 5.97 Å². The molecule has 6 heteroatoms. The lowest BCUT2D eigenvalue weighted by Crippen LogP contribution is -2.03. The van der Waals surface area contributed by atoms with Gasteiger partial charge in [0.2, 0.25) is 0 Å². The molecule has 0 bridgehead atoms. The highest BCUT2D eigenvalue weighted by Gasteiger charge is 2.18. The highest BCUT2D eigenvalue weighted by molar-refractivity contribution is 9.10. The van der Waals surface area contributed by atoms with Crippen LogP contribution >= 0.6 is 15.9 Å². The summed E-state index contributed by atoms with van der Waals surface area (Å²) in [5, 5.41) is 17.4. The fourth-order valence-electron chi connectivity index (χ4n) is 1.06. The number of nitriles is 1. The van der Waals surface area contributed by atoms with Gasteiger partial charge in [-0.05, 0) is 28.1 Å². The number of carbonyl (C=O) groups is 1. The molecule has 0 amide bonds. The molecular weight excluding hydrogens is 272 g/mol. The van der Waals surface area contributed by atoms with E-state index in [1.807, 2.05) is 0 Å². The number of hydrogen-bond donors (Lipinski definition) is 1. The van der Waals surface area contributed by atoms with Crippen molar-refractivity contribution in [3.8, 4) is 6.07 Å². The summed E-state index contributed by atoms with van der Waals surface area (Å²) in [5.41, 5.74) is -0.975. The van der Waals surface area contributed by atoms with Crippen molar-refractivity contribution < 1.29 is 18.7 Å². The van der Waals surface area contributed by atoms with E-state index in [1.54, 1.807) is 6.07 Å². The van der Waals surface area contributed by atoms with Crippen LogP contribution in [0, 0.1) is 11.3 Å². The van der Waals surface area contributed by atoms with Crippen molar-refractivity contribution in [1.82, 2.24) is 0 Å². The molecule has 1 aromatic rings. The molecule has 0 aromatic heterocycles. The number of hydrogen-bond acceptors (Lipinski definition) is 2. The van der Waals surface area contributed by atoms with Crippen LogP contribution in [0.1, 0.15) is 27.9 Å². The molecule has 0 fully saturated rings. The summed E-state index contributed by atoms with van der Waals surface area (Å²) in [5.74, 6) is -1.33. The molecule has 0 spiro atoms. The Bertz CT molecular complexity index is 454. The molecular formula is C9H4BrF2NO2. The van der Waals surface area contributed by atoms with Gasteiger partial charge in [0.1, 0.15) is 6.07 Å². The summed E-state index contributed by atoms with van der Waals surface area (Å²) in [6.07, 6.45) is -2.74. The molecule has 0 aliphatic carbocycles. The van der Waals surface area contributed by atoms with Crippen LogP contribution in [0.3, 0.4) is 0 Å². The van der Waals surface area contributed by atoms with Crippen molar-refractivity contribution in [2.75, 3.05) is 0 Å². The van der Waals surface area contributed by atoms with Crippen LogP contribution in [0.2, 0.25) is 0 Å². The number of nitrogens with zero attached hydrogens (tertiary/aromatic N) is 1. The maximum absolute atomic E-state index is 12.3. The van der Waals surface area contributed by atoms with E-state index in [0.717, 1.165) is 12.1 Å². The first-order valence-corrected chi connectivity index (χ1v) is 4.51. The second-order valence-corrected chi connectivity index (χ2v) is 3.50. The lowest BCUT2D eigenvalue weighted by molar-refractivity contribution is 0.0695. The quantitative estimate of drug-likeness (QED) is 0.903. The Labute approximate surface area is 92.1 Å². The monoisotopic (exact) mass is 275 g/mol. The molecule has 0 heterocycles. The van der Waals surface area contributed by atoms with Gasteiger partial charge in [-0.2, -0.15) is 5.26 Å². The second kappa shape index (κ2) is 4.36. The molecule has 3 nitrogen and oxygen atoms in total. The lowest BCUT2D eigenvalue weighted by Gasteiger charge is -2.05. The molecule has 0 aliphatic heterocycles. The van der Waals surface area contributed by atoms with Crippen molar-refractivity contribution in [1.29, 1.82) is 5.26 Å². The molecule has 0 radical (unpaired) electrons. The minimum Gasteiger partial charge on any atom is -0.478 e. The molecule has 0 unspecified atom stereocenters. The minimum absolute atomic E-state index is 0.0237. The van der Waals surface area contributed by atoms with E-state index in [2.05, 4.69) is 15.9 Å². The van der Waals surface area contributed by atoms with Crippen LogP contribution in [0.15, 0.2) is 16.6 Å². The van der Waals surface area contributed by atoms with Crippen molar-refractivity contribution in [2.24, 2.45) is 0 Å². The van der Waals surface area contributed by atoms with Gasteiger partial charge in [0.15, 0.2) is 0 Å². The van der Waals surface area contributed by atoms with Crippen LogP contribution in [0.5, 0.6) is 0 Å². The Hall–Kier alpha value is -1.48. The van der Waals surface area contributed by atoms with E-state index in [4.69, 9.17) is 10.4 Å². The number of alkyl halides is 2. The van der Waals surface area contributed by atoms with Crippen LogP contribution in [-0.2, 0) is 0 Å². The van der Waals surface area contributed by atoms with Crippen molar-refractivity contribution in [2.45, 2.75) is 6.43 Å². The number of halogens is 3. The molecule has 0 saturated heterocycles. The largest absolute Gasteiger partial charge is 0.478 e. The summed E-state index contributed by atoms with van der Waals surface area (Å²) in [4.78, 5) is 10.7. The van der Waals surface area contributed by atoms with Crippen molar-refractivity contribution in [3.05, 3.63) is 33.3 Å². The van der Waals surface area contributed by atoms with Gasteiger partial charge in [-0.25, -0.2) is 13.6 Å². The van der Waals surface area contributed by atoms with Crippen LogP contribution in [0.25, 0.3) is 0 Å². The zero-order chi connectivity index (χ0) is 11.6. The second-order valence-electron chi connectivity index (χ2n) is 2.64. The van der Waals surface area contributed by atoms with Gasteiger partial charge in [0.25, 0.3) is 6.43 Å². The average Bonchev–Trinajstić information content (AvgIpc) is 2.15. The molecule has 0 saturated carbocycles. The molecule has 1 rings (SSSR count). The SMILES string of the molecule is N#Cc1cc(C(F)F)cc(Br)c1C(=O)O. The van der Waals surface area contributed by atoms with Crippen LogP contribution in [0.4, 0.5) is 8.78 Å². The molecule has 1 aromatic carbocycles. The highest BCUT2D eigenvalue weighted by atomic mass is 79.9. The molecule has 0 aliphatic rings. The number of rotatable bonds is 2. The topological polar surface area (TPSA) is 61.1 Å². The van der Waals surface area contributed by atoms with E-state index < -0.39 is 12.4 Å². The number of aromatic carboxylic acids is 1. The first-order valence-electron chi connectivity index (χ1n) is 3.72. The first kappa shape index (κ1) is 11.6. The minimum atomic E-state index is -2.74. The number of carboxylic acids is 1. The van der Waals surface area contributed by atoms with Crippen molar-refractivity contribution >= 4 is 21.9 Å². The Balaban J connectivity index is 3.46.